The predicted molar refractivity (Wildman–Crippen MR) is 70.0 cm³/mol. The number of rotatable bonds is 4. The second kappa shape index (κ2) is 4.15. The zero-order valence-electron chi connectivity index (χ0n) is 10.5. The molecule has 0 saturated heterocycles. The maximum atomic E-state index is 4.72. The Morgan fingerprint density at radius 1 is 1.41 bits per heavy atom. The zero-order chi connectivity index (χ0) is 11.8. The molecule has 1 aliphatic rings. The summed E-state index contributed by atoms with van der Waals surface area (Å²) >= 11 is 0. The summed E-state index contributed by atoms with van der Waals surface area (Å²) in [5, 5.41) is 3.49. The van der Waals surface area contributed by atoms with Crippen LogP contribution in [-0.2, 0) is 6.54 Å². The highest BCUT2D eigenvalue weighted by Crippen LogP contribution is 2.24. The van der Waals surface area contributed by atoms with E-state index in [2.05, 4.69) is 42.3 Å². The third kappa shape index (κ3) is 2.20. The Kier molecular flexibility index (Phi) is 2.63. The number of H-pyrrole nitrogens is 1. The number of nitrogens with one attached hydrogen (secondary N) is 2. The van der Waals surface area contributed by atoms with Gasteiger partial charge in [-0.25, -0.2) is 4.98 Å². The lowest BCUT2D eigenvalue weighted by Crippen LogP contribution is -2.16. The van der Waals surface area contributed by atoms with E-state index < -0.39 is 0 Å². The quantitative estimate of drug-likeness (QED) is 0.846. The number of imidazole rings is 1. The Bertz CT molecular complexity index is 523. The van der Waals surface area contributed by atoms with E-state index in [1.807, 2.05) is 0 Å². The third-order valence-electron chi connectivity index (χ3n) is 3.35. The average molecular weight is 229 g/mol. The van der Waals surface area contributed by atoms with Crippen LogP contribution in [0.15, 0.2) is 18.2 Å². The van der Waals surface area contributed by atoms with Gasteiger partial charge in [0.15, 0.2) is 0 Å². The first-order chi connectivity index (χ1) is 8.24. The molecule has 1 heterocycles. The van der Waals surface area contributed by atoms with Crippen molar-refractivity contribution in [3.05, 3.63) is 29.6 Å². The van der Waals surface area contributed by atoms with Gasteiger partial charge in [0.1, 0.15) is 5.82 Å². The SMILES string of the molecule is CC(C)c1cccc2[nH]c(CNC3CC3)nc12. The summed E-state index contributed by atoms with van der Waals surface area (Å²) in [4.78, 5) is 8.12. The van der Waals surface area contributed by atoms with Gasteiger partial charge in [-0.2, -0.15) is 0 Å². The molecule has 1 aliphatic carbocycles. The number of benzene rings is 1. The van der Waals surface area contributed by atoms with Crippen LogP contribution in [0.5, 0.6) is 0 Å². The van der Waals surface area contributed by atoms with Crippen molar-refractivity contribution in [3.63, 3.8) is 0 Å². The minimum absolute atomic E-state index is 0.520. The molecular formula is C14H19N3. The van der Waals surface area contributed by atoms with Crippen molar-refractivity contribution in [2.45, 2.75) is 45.2 Å². The molecule has 0 aliphatic heterocycles. The monoisotopic (exact) mass is 229 g/mol. The average Bonchev–Trinajstić information content (AvgIpc) is 3.04. The van der Waals surface area contributed by atoms with Crippen LogP contribution < -0.4 is 5.32 Å². The van der Waals surface area contributed by atoms with Crippen molar-refractivity contribution >= 4 is 11.0 Å². The van der Waals surface area contributed by atoms with Crippen LogP contribution in [0.3, 0.4) is 0 Å². The molecule has 90 valence electrons. The molecule has 2 aromatic rings. The molecule has 3 nitrogen and oxygen atoms in total. The lowest BCUT2D eigenvalue weighted by Gasteiger charge is -2.04. The van der Waals surface area contributed by atoms with Crippen LogP contribution in [0.25, 0.3) is 11.0 Å². The topological polar surface area (TPSA) is 40.7 Å². The summed E-state index contributed by atoms with van der Waals surface area (Å²) in [7, 11) is 0. The molecule has 0 unspecified atom stereocenters. The second-order valence-electron chi connectivity index (χ2n) is 5.24. The minimum Gasteiger partial charge on any atom is -0.341 e. The van der Waals surface area contributed by atoms with Crippen molar-refractivity contribution in [1.82, 2.24) is 15.3 Å². The van der Waals surface area contributed by atoms with Gasteiger partial charge in [0.2, 0.25) is 0 Å². The van der Waals surface area contributed by atoms with Gasteiger partial charge in [0.25, 0.3) is 0 Å². The zero-order valence-corrected chi connectivity index (χ0v) is 10.5. The van der Waals surface area contributed by atoms with Gasteiger partial charge >= 0.3 is 0 Å². The van der Waals surface area contributed by atoms with Gasteiger partial charge in [-0.1, -0.05) is 26.0 Å². The highest BCUT2D eigenvalue weighted by atomic mass is 15.0. The van der Waals surface area contributed by atoms with Crippen LogP contribution in [-0.4, -0.2) is 16.0 Å². The molecule has 1 saturated carbocycles. The lowest BCUT2D eigenvalue weighted by molar-refractivity contribution is 0.665. The van der Waals surface area contributed by atoms with Gasteiger partial charge in [0, 0.05) is 6.04 Å². The molecule has 0 spiro atoms. The number of hydrogen-bond donors (Lipinski definition) is 2. The number of aromatic nitrogens is 2. The molecule has 2 N–H and O–H groups in total. The first-order valence-electron chi connectivity index (χ1n) is 6.45. The molecule has 1 aromatic carbocycles. The van der Waals surface area contributed by atoms with E-state index in [1.165, 1.54) is 18.4 Å². The highest BCUT2D eigenvalue weighted by Gasteiger charge is 2.20. The standard InChI is InChI=1S/C14H19N3/c1-9(2)11-4-3-5-12-14(11)17-13(16-12)8-15-10-6-7-10/h3-5,9-10,15H,6-8H2,1-2H3,(H,16,17). The Morgan fingerprint density at radius 3 is 2.94 bits per heavy atom. The van der Waals surface area contributed by atoms with Gasteiger partial charge in [-0.15, -0.1) is 0 Å². The van der Waals surface area contributed by atoms with Gasteiger partial charge < -0.3 is 10.3 Å². The molecule has 0 bridgehead atoms. The summed E-state index contributed by atoms with van der Waals surface area (Å²) < 4.78 is 0. The first-order valence-corrected chi connectivity index (χ1v) is 6.45. The predicted octanol–water partition coefficient (Wildman–Crippen LogP) is 2.94. The normalized spacial score (nSPS) is 15.9. The molecule has 3 heteroatoms. The molecule has 0 amide bonds. The summed E-state index contributed by atoms with van der Waals surface area (Å²) in [5.74, 6) is 1.58. The molecule has 3 rings (SSSR count). The summed E-state index contributed by atoms with van der Waals surface area (Å²) in [6.07, 6.45) is 2.63. The van der Waals surface area contributed by atoms with Crippen molar-refractivity contribution in [2.24, 2.45) is 0 Å². The second-order valence-corrected chi connectivity index (χ2v) is 5.24. The Morgan fingerprint density at radius 2 is 2.24 bits per heavy atom. The summed E-state index contributed by atoms with van der Waals surface area (Å²) in [6.45, 7) is 5.29. The van der Waals surface area contributed by atoms with Crippen molar-refractivity contribution in [3.8, 4) is 0 Å². The van der Waals surface area contributed by atoms with E-state index in [1.54, 1.807) is 0 Å². The minimum atomic E-state index is 0.520. The van der Waals surface area contributed by atoms with Crippen molar-refractivity contribution in [2.75, 3.05) is 0 Å². The van der Waals surface area contributed by atoms with E-state index in [4.69, 9.17) is 4.98 Å². The number of para-hydroxylation sites is 1. The fourth-order valence-electron chi connectivity index (χ4n) is 2.18. The molecule has 0 radical (unpaired) electrons. The van der Waals surface area contributed by atoms with E-state index in [0.29, 0.717) is 5.92 Å². The number of nitrogens with zero attached hydrogens (tertiary/aromatic N) is 1. The third-order valence-corrected chi connectivity index (χ3v) is 3.35. The van der Waals surface area contributed by atoms with E-state index in [9.17, 15) is 0 Å². The Hall–Kier alpha value is -1.35. The number of aromatic amines is 1. The molecule has 1 fully saturated rings. The molecule has 0 atom stereocenters. The maximum absolute atomic E-state index is 4.72. The summed E-state index contributed by atoms with van der Waals surface area (Å²) in [5.41, 5.74) is 3.62. The molecule has 17 heavy (non-hydrogen) atoms. The lowest BCUT2D eigenvalue weighted by atomic mass is 10.0. The van der Waals surface area contributed by atoms with E-state index >= 15 is 0 Å². The largest absolute Gasteiger partial charge is 0.341 e. The smallest absolute Gasteiger partial charge is 0.121 e. The fraction of sp³-hybridized carbons (Fsp3) is 0.500. The first kappa shape index (κ1) is 10.8. The van der Waals surface area contributed by atoms with Crippen molar-refractivity contribution < 1.29 is 0 Å². The van der Waals surface area contributed by atoms with Gasteiger partial charge in [-0.05, 0) is 30.4 Å². The Labute approximate surface area is 102 Å². The maximum Gasteiger partial charge on any atom is 0.121 e. The fourth-order valence-corrected chi connectivity index (χ4v) is 2.18. The van der Waals surface area contributed by atoms with E-state index in [0.717, 1.165) is 29.4 Å². The molecular weight excluding hydrogens is 210 g/mol. The summed E-state index contributed by atoms with van der Waals surface area (Å²) in [6, 6.07) is 7.11. The van der Waals surface area contributed by atoms with Crippen LogP contribution in [0, 0.1) is 0 Å². The molecule has 1 aromatic heterocycles. The van der Waals surface area contributed by atoms with Gasteiger partial charge in [-0.3, -0.25) is 0 Å². The van der Waals surface area contributed by atoms with Crippen LogP contribution in [0.4, 0.5) is 0 Å². The highest BCUT2D eigenvalue weighted by molar-refractivity contribution is 5.79. The van der Waals surface area contributed by atoms with Gasteiger partial charge in [0.05, 0.1) is 17.6 Å². The van der Waals surface area contributed by atoms with Crippen LogP contribution in [0.2, 0.25) is 0 Å². The van der Waals surface area contributed by atoms with Crippen LogP contribution in [0.1, 0.15) is 44.0 Å². The Balaban J connectivity index is 1.90. The number of fused-ring (bicyclic) bond motifs is 1. The number of hydrogen-bond acceptors (Lipinski definition) is 2. The van der Waals surface area contributed by atoms with Crippen LogP contribution >= 0.6 is 0 Å². The van der Waals surface area contributed by atoms with Crippen molar-refractivity contribution in [1.29, 1.82) is 0 Å². The van der Waals surface area contributed by atoms with E-state index in [-0.39, 0.29) is 0 Å².